The topological polar surface area (TPSA) is 57.0 Å². The predicted molar refractivity (Wildman–Crippen MR) is 75.0 cm³/mol. The van der Waals surface area contributed by atoms with Crippen LogP contribution in [0.2, 0.25) is 0 Å². The molecule has 0 aliphatic rings. The van der Waals surface area contributed by atoms with E-state index in [1.807, 2.05) is 41.0 Å². The first-order chi connectivity index (χ1) is 9.79. The van der Waals surface area contributed by atoms with Crippen LogP contribution in [0.1, 0.15) is 0 Å². The van der Waals surface area contributed by atoms with Crippen LogP contribution in [-0.4, -0.2) is 27.6 Å². The summed E-state index contributed by atoms with van der Waals surface area (Å²) in [6.45, 7) is 0.126. The van der Waals surface area contributed by atoms with Crippen LogP contribution in [-0.2, 0) is 16.1 Å². The minimum absolute atomic E-state index is 0.126. The van der Waals surface area contributed by atoms with E-state index < -0.39 is 0 Å². The number of ether oxygens (including phenoxy) is 1. The van der Waals surface area contributed by atoms with Crippen molar-refractivity contribution < 1.29 is 9.53 Å². The van der Waals surface area contributed by atoms with Gasteiger partial charge in [0.05, 0.1) is 18.1 Å². The van der Waals surface area contributed by atoms with Crippen molar-refractivity contribution in [2.24, 2.45) is 0 Å². The molecule has 2 aromatic heterocycles. The maximum atomic E-state index is 11.6. The number of pyridine rings is 1. The molecule has 0 fully saturated rings. The highest BCUT2D eigenvalue weighted by molar-refractivity contribution is 5.82. The fraction of sp³-hybridized carbons (Fsp3) is 0.133. The summed E-state index contributed by atoms with van der Waals surface area (Å²) < 4.78 is 6.61. The monoisotopic (exact) mass is 267 g/mol. The number of hydrogen-bond acceptors (Lipinski definition) is 4. The summed E-state index contributed by atoms with van der Waals surface area (Å²) in [5.74, 6) is 0.406. The second-order valence-electron chi connectivity index (χ2n) is 4.33. The fourth-order valence-electron chi connectivity index (χ4n) is 2.14. The van der Waals surface area contributed by atoms with E-state index in [2.05, 4.69) is 9.97 Å². The molecule has 2 heterocycles. The minimum Gasteiger partial charge on any atom is -0.468 e. The number of aromatic nitrogens is 3. The summed E-state index contributed by atoms with van der Waals surface area (Å²) in [7, 11) is 1.38. The molecule has 0 N–H and O–H groups in total. The number of fused-ring (bicyclic) bond motifs is 1. The summed E-state index contributed by atoms with van der Waals surface area (Å²) in [5.41, 5.74) is 2.61. The van der Waals surface area contributed by atoms with Crippen molar-refractivity contribution >= 4 is 17.0 Å². The van der Waals surface area contributed by atoms with Gasteiger partial charge in [-0.25, -0.2) is 4.98 Å². The Balaban J connectivity index is 2.20. The van der Waals surface area contributed by atoms with Gasteiger partial charge >= 0.3 is 5.97 Å². The van der Waals surface area contributed by atoms with E-state index in [9.17, 15) is 4.79 Å². The van der Waals surface area contributed by atoms with Crippen LogP contribution in [0.3, 0.4) is 0 Å². The van der Waals surface area contributed by atoms with Crippen LogP contribution in [0, 0.1) is 0 Å². The third-order valence-electron chi connectivity index (χ3n) is 3.09. The van der Waals surface area contributed by atoms with Gasteiger partial charge in [0.1, 0.15) is 12.4 Å². The average molecular weight is 267 g/mol. The van der Waals surface area contributed by atoms with Gasteiger partial charge in [0.25, 0.3) is 0 Å². The number of benzene rings is 1. The molecule has 0 amide bonds. The van der Waals surface area contributed by atoms with Crippen LogP contribution in [0.4, 0.5) is 0 Å². The molecular formula is C15H13N3O2. The molecule has 5 nitrogen and oxygen atoms in total. The molecule has 0 unspecified atom stereocenters. The molecule has 0 aliphatic heterocycles. The van der Waals surface area contributed by atoms with E-state index in [1.165, 1.54) is 7.11 Å². The standard InChI is InChI=1S/C15H13N3O2/c1-20-14(19)10-18-13-7-3-2-6-12(13)17-15(18)11-5-4-8-16-9-11/h2-9H,10H2,1H3. The third kappa shape index (κ3) is 2.14. The van der Waals surface area contributed by atoms with Gasteiger partial charge in [-0.2, -0.15) is 0 Å². The van der Waals surface area contributed by atoms with Gasteiger partial charge in [-0.1, -0.05) is 12.1 Å². The van der Waals surface area contributed by atoms with Gasteiger partial charge in [0, 0.05) is 18.0 Å². The zero-order valence-electron chi connectivity index (χ0n) is 11.0. The number of nitrogens with zero attached hydrogens (tertiary/aromatic N) is 3. The second-order valence-corrected chi connectivity index (χ2v) is 4.33. The highest BCUT2D eigenvalue weighted by Crippen LogP contribution is 2.24. The van der Waals surface area contributed by atoms with Crippen LogP contribution in [0.5, 0.6) is 0 Å². The largest absolute Gasteiger partial charge is 0.468 e. The molecule has 0 saturated heterocycles. The Kier molecular flexibility index (Phi) is 3.16. The zero-order chi connectivity index (χ0) is 13.9. The number of imidazole rings is 1. The molecule has 0 atom stereocenters. The lowest BCUT2D eigenvalue weighted by molar-refractivity contribution is -0.141. The van der Waals surface area contributed by atoms with Crippen molar-refractivity contribution in [3.05, 3.63) is 48.8 Å². The molecule has 3 rings (SSSR count). The lowest BCUT2D eigenvalue weighted by Gasteiger charge is -2.07. The quantitative estimate of drug-likeness (QED) is 0.683. The Labute approximate surface area is 115 Å². The first-order valence-electron chi connectivity index (χ1n) is 6.22. The Morgan fingerprint density at radius 1 is 1.25 bits per heavy atom. The number of para-hydroxylation sites is 2. The lowest BCUT2D eigenvalue weighted by Crippen LogP contribution is -2.12. The molecule has 0 radical (unpaired) electrons. The number of rotatable bonds is 3. The van der Waals surface area contributed by atoms with E-state index >= 15 is 0 Å². The molecule has 5 heteroatoms. The van der Waals surface area contributed by atoms with Crippen LogP contribution < -0.4 is 0 Å². The Bertz CT molecular complexity index is 750. The summed E-state index contributed by atoms with van der Waals surface area (Å²) in [6, 6.07) is 11.5. The highest BCUT2D eigenvalue weighted by Gasteiger charge is 2.15. The number of carbonyl (C=O) groups excluding carboxylic acids is 1. The average Bonchev–Trinajstić information content (AvgIpc) is 2.87. The number of esters is 1. The van der Waals surface area contributed by atoms with Gasteiger partial charge in [-0.3, -0.25) is 9.78 Å². The summed E-state index contributed by atoms with van der Waals surface area (Å²) >= 11 is 0. The Morgan fingerprint density at radius 3 is 2.85 bits per heavy atom. The molecule has 20 heavy (non-hydrogen) atoms. The van der Waals surface area contributed by atoms with E-state index in [0.717, 1.165) is 16.6 Å². The van der Waals surface area contributed by atoms with Crippen LogP contribution in [0.15, 0.2) is 48.8 Å². The van der Waals surface area contributed by atoms with Gasteiger partial charge in [-0.05, 0) is 24.3 Å². The molecule has 0 aliphatic carbocycles. The van der Waals surface area contributed by atoms with E-state index in [1.54, 1.807) is 12.4 Å². The van der Waals surface area contributed by atoms with Gasteiger partial charge in [-0.15, -0.1) is 0 Å². The second kappa shape index (κ2) is 5.13. The van der Waals surface area contributed by atoms with Crippen molar-refractivity contribution in [1.82, 2.24) is 14.5 Å². The zero-order valence-corrected chi connectivity index (χ0v) is 11.0. The van der Waals surface area contributed by atoms with Crippen LogP contribution in [0.25, 0.3) is 22.4 Å². The number of hydrogen-bond donors (Lipinski definition) is 0. The number of carbonyl (C=O) groups is 1. The Hall–Kier alpha value is -2.69. The SMILES string of the molecule is COC(=O)Cn1c(-c2cccnc2)nc2ccccc21. The fourth-order valence-corrected chi connectivity index (χ4v) is 2.14. The normalized spacial score (nSPS) is 10.7. The molecule has 3 aromatic rings. The van der Waals surface area contributed by atoms with Gasteiger partial charge in [0.2, 0.25) is 0 Å². The van der Waals surface area contributed by atoms with E-state index in [4.69, 9.17) is 4.74 Å². The predicted octanol–water partition coefficient (Wildman–Crippen LogP) is 2.27. The van der Waals surface area contributed by atoms with Crippen molar-refractivity contribution in [3.8, 4) is 11.4 Å². The summed E-state index contributed by atoms with van der Waals surface area (Å²) in [4.78, 5) is 20.3. The van der Waals surface area contributed by atoms with E-state index in [0.29, 0.717) is 5.82 Å². The third-order valence-corrected chi connectivity index (χ3v) is 3.09. The van der Waals surface area contributed by atoms with Crippen molar-refractivity contribution in [3.63, 3.8) is 0 Å². The van der Waals surface area contributed by atoms with Crippen molar-refractivity contribution in [2.75, 3.05) is 7.11 Å². The smallest absolute Gasteiger partial charge is 0.325 e. The highest BCUT2D eigenvalue weighted by atomic mass is 16.5. The summed E-state index contributed by atoms with van der Waals surface area (Å²) in [5, 5.41) is 0. The van der Waals surface area contributed by atoms with Gasteiger partial charge < -0.3 is 9.30 Å². The minimum atomic E-state index is -0.307. The first-order valence-corrected chi connectivity index (χ1v) is 6.22. The lowest BCUT2D eigenvalue weighted by atomic mass is 10.2. The van der Waals surface area contributed by atoms with Crippen molar-refractivity contribution in [1.29, 1.82) is 0 Å². The maximum absolute atomic E-state index is 11.6. The van der Waals surface area contributed by atoms with Crippen LogP contribution >= 0.6 is 0 Å². The first kappa shape index (κ1) is 12.3. The molecule has 100 valence electrons. The summed E-state index contributed by atoms with van der Waals surface area (Å²) in [6.07, 6.45) is 3.44. The molecule has 1 aromatic carbocycles. The Morgan fingerprint density at radius 2 is 2.10 bits per heavy atom. The molecule has 0 bridgehead atoms. The molecule has 0 spiro atoms. The van der Waals surface area contributed by atoms with Gasteiger partial charge in [0.15, 0.2) is 0 Å². The van der Waals surface area contributed by atoms with Crippen molar-refractivity contribution in [2.45, 2.75) is 6.54 Å². The molecule has 0 saturated carbocycles. The number of methoxy groups -OCH3 is 1. The van der Waals surface area contributed by atoms with E-state index in [-0.39, 0.29) is 12.5 Å². The maximum Gasteiger partial charge on any atom is 0.325 e. The molecular weight excluding hydrogens is 254 g/mol.